The van der Waals surface area contributed by atoms with Gasteiger partial charge < -0.3 is 59.8 Å². The number of carbonyl (C=O) groups is 5. The number of allylic oxidation sites excluding steroid dienone is 1. The number of benzene rings is 1. The molecule has 4 unspecified atom stereocenters. The highest BCUT2D eigenvalue weighted by atomic mass is 16.6. The van der Waals surface area contributed by atoms with Gasteiger partial charge in [0.05, 0.1) is 57.6 Å². The first kappa shape index (κ1) is 47.7. The average Bonchev–Trinajstić information content (AvgIpc) is 4.13. The maximum Gasteiger partial charge on any atom is 0.407 e. The molecule has 16 nitrogen and oxygen atoms in total. The minimum atomic E-state index is -0.871. The molecule has 1 aliphatic carbocycles. The second-order valence-corrected chi connectivity index (χ2v) is 16.4. The molecule has 3 aliphatic rings. The number of nitrogens with one attached hydrogen (secondary N) is 5. The number of aldehydes is 1. The van der Waals surface area contributed by atoms with Crippen LogP contribution in [0.2, 0.25) is 0 Å². The predicted octanol–water partition coefficient (Wildman–Crippen LogP) is 2.38. The van der Waals surface area contributed by atoms with Crippen LogP contribution in [0, 0.1) is 11.8 Å². The molecule has 1 spiro atoms. The summed E-state index contributed by atoms with van der Waals surface area (Å²) < 4.78 is 35.2. The number of rotatable bonds is 27. The van der Waals surface area contributed by atoms with Crippen molar-refractivity contribution in [2.24, 2.45) is 11.8 Å². The first-order valence-corrected chi connectivity index (χ1v) is 21.0. The van der Waals surface area contributed by atoms with Crippen LogP contribution in [-0.2, 0) is 54.0 Å². The van der Waals surface area contributed by atoms with Crippen LogP contribution < -0.4 is 26.6 Å². The van der Waals surface area contributed by atoms with Crippen molar-refractivity contribution in [1.29, 1.82) is 0 Å². The Morgan fingerprint density at radius 3 is 2.25 bits per heavy atom. The molecule has 1 aromatic rings. The van der Waals surface area contributed by atoms with Crippen molar-refractivity contribution >= 4 is 30.1 Å². The van der Waals surface area contributed by atoms with E-state index in [9.17, 15) is 24.0 Å². The summed E-state index contributed by atoms with van der Waals surface area (Å²) in [4.78, 5) is 62.1. The van der Waals surface area contributed by atoms with Gasteiger partial charge in [-0.15, -0.1) is 0 Å². The van der Waals surface area contributed by atoms with Crippen molar-refractivity contribution in [2.75, 3.05) is 66.3 Å². The normalized spacial score (nSPS) is 25.3. The van der Waals surface area contributed by atoms with Gasteiger partial charge in [-0.3, -0.25) is 14.4 Å². The highest BCUT2D eigenvalue weighted by Crippen LogP contribution is 2.59. The summed E-state index contributed by atoms with van der Waals surface area (Å²) in [6.45, 7) is 12.7. The van der Waals surface area contributed by atoms with Crippen LogP contribution in [0.4, 0.5) is 4.79 Å². The minimum Gasteiger partial charge on any atom is -0.443 e. The molecule has 3 fully saturated rings. The Labute approximate surface area is 348 Å². The van der Waals surface area contributed by atoms with Gasteiger partial charge in [0.25, 0.3) is 0 Å². The van der Waals surface area contributed by atoms with Gasteiger partial charge >= 0.3 is 6.09 Å². The van der Waals surface area contributed by atoms with Gasteiger partial charge in [-0.2, -0.15) is 0 Å². The largest absolute Gasteiger partial charge is 0.443 e. The van der Waals surface area contributed by atoms with Gasteiger partial charge in [0.1, 0.15) is 35.7 Å². The number of ether oxygens (including phenoxy) is 6. The average molecular weight is 830 g/mol. The highest BCUT2D eigenvalue weighted by Gasteiger charge is 2.72. The zero-order valence-electron chi connectivity index (χ0n) is 35.7. The molecule has 2 aliphatic heterocycles. The fourth-order valence-electron chi connectivity index (χ4n) is 7.86. The van der Waals surface area contributed by atoms with E-state index < -0.39 is 35.8 Å². The molecule has 5 N–H and O–H groups in total. The van der Waals surface area contributed by atoms with Crippen molar-refractivity contribution < 1.29 is 52.4 Å². The number of alkyl carbamates (subject to hydrolysis) is 1. The Balaban J connectivity index is 1.06. The van der Waals surface area contributed by atoms with Crippen LogP contribution in [0.25, 0.3) is 0 Å². The number of hydrogen-bond acceptors (Lipinski definition) is 12. The maximum absolute atomic E-state index is 13.3. The van der Waals surface area contributed by atoms with E-state index in [1.165, 1.54) is 5.57 Å². The zero-order valence-corrected chi connectivity index (χ0v) is 35.7. The van der Waals surface area contributed by atoms with Gasteiger partial charge in [0.2, 0.25) is 17.7 Å². The van der Waals surface area contributed by atoms with Crippen LogP contribution in [-0.4, -0.2) is 138 Å². The molecule has 4 rings (SSSR count). The lowest BCUT2D eigenvalue weighted by atomic mass is 9.68. The first-order chi connectivity index (χ1) is 28.3. The van der Waals surface area contributed by atoms with Gasteiger partial charge in [0, 0.05) is 39.6 Å². The standard InChI is InChI=1S/C43H67N5O11/c1-29(2)12-13-35-42(5,59-35)38-37(54-6)34(14-16-43(38)28-57-43)58-41(53)47-20-23-56-25-24-55-22-19-45-36(50)15-17-44-32(26-30(3)4)40(52)48-33(39(51)46-18-21-49)27-31-10-8-7-9-11-31/h7-12,21,30,32-35,37-38,44H,13-20,22-28H2,1-6H3,(H,45,50)(H,46,51)(H,47,53)(H,48,52)/t32-,33-,34?,35+,37?,38?,42?,43-/m0/s1. The summed E-state index contributed by atoms with van der Waals surface area (Å²) in [7, 11) is 1.65. The first-order valence-electron chi connectivity index (χ1n) is 21.0. The zero-order chi connectivity index (χ0) is 42.8. The molecule has 1 aromatic carbocycles. The maximum atomic E-state index is 13.3. The van der Waals surface area contributed by atoms with E-state index >= 15 is 0 Å². The lowest BCUT2D eigenvalue weighted by molar-refractivity contribution is -0.130. The van der Waals surface area contributed by atoms with Gasteiger partial charge in [-0.05, 0) is 57.9 Å². The monoisotopic (exact) mass is 829 g/mol. The van der Waals surface area contributed by atoms with Gasteiger partial charge in [0.15, 0.2) is 0 Å². The highest BCUT2D eigenvalue weighted by molar-refractivity contribution is 5.90. The van der Waals surface area contributed by atoms with Crippen molar-refractivity contribution in [1.82, 2.24) is 26.6 Å². The van der Waals surface area contributed by atoms with Crippen LogP contribution in [0.15, 0.2) is 42.0 Å². The van der Waals surface area contributed by atoms with Crippen molar-refractivity contribution in [3.63, 3.8) is 0 Å². The Kier molecular flexibility index (Phi) is 19.2. The number of hydrogen-bond donors (Lipinski definition) is 5. The number of epoxide rings is 2. The van der Waals surface area contributed by atoms with Crippen LogP contribution in [0.3, 0.4) is 0 Å². The van der Waals surface area contributed by atoms with E-state index in [1.54, 1.807) is 7.11 Å². The van der Waals surface area contributed by atoms with Gasteiger partial charge in [-0.25, -0.2) is 4.79 Å². The Morgan fingerprint density at radius 1 is 0.932 bits per heavy atom. The van der Waals surface area contributed by atoms with Crippen LogP contribution >= 0.6 is 0 Å². The van der Waals surface area contributed by atoms with Crippen LogP contribution in [0.1, 0.15) is 72.3 Å². The Bertz CT molecular complexity index is 1540. The molecule has 330 valence electrons. The third-order valence-electron chi connectivity index (χ3n) is 11.0. The topological polar surface area (TPSA) is 207 Å². The summed E-state index contributed by atoms with van der Waals surface area (Å²) in [6, 6.07) is 7.80. The molecule has 59 heavy (non-hydrogen) atoms. The fraction of sp³-hybridized carbons (Fsp3) is 0.698. The summed E-state index contributed by atoms with van der Waals surface area (Å²) >= 11 is 0. The molecule has 16 heteroatoms. The Morgan fingerprint density at radius 2 is 1.63 bits per heavy atom. The summed E-state index contributed by atoms with van der Waals surface area (Å²) in [5.74, 6) is -0.881. The molecule has 0 aromatic heterocycles. The molecule has 0 radical (unpaired) electrons. The Hall–Kier alpha value is -3.93. The quantitative estimate of drug-likeness (QED) is 0.0375. The third kappa shape index (κ3) is 15.2. The molecular formula is C43H67N5O11. The summed E-state index contributed by atoms with van der Waals surface area (Å²) in [6.07, 6.45) is 4.69. The predicted molar refractivity (Wildman–Crippen MR) is 219 cm³/mol. The SMILES string of the molecule is COC1C(OC(=O)NCCOCCOCCNC(=O)CCN[C@@H](CC(C)C)C(=O)N[C@@H](Cc2ccccc2)C(=O)NCC=O)CC[C@]2(CO2)C1C1(C)O[C@@H]1CC=C(C)C. The fourth-order valence-corrected chi connectivity index (χ4v) is 7.86. The smallest absolute Gasteiger partial charge is 0.407 e. The molecule has 2 heterocycles. The molecule has 1 saturated carbocycles. The molecule has 8 atom stereocenters. The summed E-state index contributed by atoms with van der Waals surface area (Å²) in [5.41, 5.74) is 1.41. The van der Waals surface area contributed by atoms with E-state index in [1.807, 2.05) is 44.2 Å². The van der Waals surface area contributed by atoms with E-state index in [2.05, 4.69) is 53.4 Å². The van der Waals surface area contributed by atoms with E-state index in [0.29, 0.717) is 45.5 Å². The van der Waals surface area contributed by atoms with E-state index in [-0.39, 0.29) is 87.1 Å². The molecule has 0 bridgehead atoms. The van der Waals surface area contributed by atoms with E-state index in [0.717, 1.165) is 18.4 Å². The number of carbonyl (C=O) groups excluding carboxylic acids is 5. The lowest BCUT2D eigenvalue weighted by Gasteiger charge is -2.42. The lowest BCUT2D eigenvalue weighted by Crippen LogP contribution is -2.56. The van der Waals surface area contributed by atoms with Crippen molar-refractivity contribution in [3.05, 3.63) is 47.5 Å². The van der Waals surface area contributed by atoms with Crippen LogP contribution in [0.5, 0.6) is 0 Å². The number of methoxy groups -OCH3 is 1. The van der Waals surface area contributed by atoms with E-state index in [4.69, 9.17) is 28.4 Å². The number of amides is 4. The second kappa shape index (κ2) is 23.8. The second-order valence-electron chi connectivity index (χ2n) is 16.4. The van der Waals surface area contributed by atoms with Gasteiger partial charge in [-0.1, -0.05) is 55.8 Å². The molecule has 4 amide bonds. The molecule has 2 saturated heterocycles. The third-order valence-corrected chi connectivity index (χ3v) is 11.0. The van der Waals surface area contributed by atoms with Crippen molar-refractivity contribution in [2.45, 2.75) is 115 Å². The molecular weight excluding hydrogens is 762 g/mol. The summed E-state index contributed by atoms with van der Waals surface area (Å²) in [5, 5.41) is 14.1. The minimum absolute atomic E-state index is 0.0488. The van der Waals surface area contributed by atoms with Crippen molar-refractivity contribution in [3.8, 4) is 0 Å².